The Balaban J connectivity index is 2.00. The highest BCUT2D eigenvalue weighted by Gasteiger charge is 2.20. The van der Waals surface area contributed by atoms with Crippen molar-refractivity contribution >= 4 is 0 Å². The van der Waals surface area contributed by atoms with Gasteiger partial charge in [0.2, 0.25) is 0 Å². The van der Waals surface area contributed by atoms with Crippen molar-refractivity contribution in [3.05, 3.63) is 35.6 Å². The van der Waals surface area contributed by atoms with Gasteiger partial charge in [0.1, 0.15) is 5.82 Å². The number of rotatable bonds is 5. The minimum Gasteiger partial charge on any atom is -0.300 e. The van der Waals surface area contributed by atoms with E-state index in [1.165, 1.54) is 51.3 Å². The number of halogens is 1. The predicted molar refractivity (Wildman–Crippen MR) is 74.2 cm³/mol. The van der Waals surface area contributed by atoms with Crippen LogP contribution in [0.1, 0.15) is 44.6 Å². The summed E-state index contributed by atoms with van der Waals surface area (Å²) >= 11 is 0. The lowest BCUT2D eigenvalue weighted by atomic mass is 9.98. The SMILES string of the molecule is CCCC(Cc1cccc(F)c1)N1CCCCC1. The van der Waals surface area contributed by atoms with Crippen LogP contribution in [0.15, 0.2) is 24.3 Å². The molecular formula is C16H24FN. The molecule has 0 amide bonds. The Morgan fingerprint density at radius 1 is 1.22 bits per heavy atom. The predicted octanol–water partition coefficient (Wildman–Crippen LogP) is 4.02. The van der Waals surface area contributed by atoms with Gasteiger partial charge in [0, 0.05) is 6.04 Å². The van der Waals surface area contributed by atoms with Crippen LogP contribution < -0.4 is 0 Å². The maximum atomic E-state index is 13.2. The molecule has 0 saturated carbocycles. The molecule has 0 aliphatic carbocycles. The first-order valence-corrected chi connectivity index (χ1v) is 7.28. The van der Waals surface area contributed by atoms with E-state index in [9.17, 15) is 4.39 Å². The molecule has 1 aliphatic rings. The molecule has 1 saturated heterocycles. The molecule has 0 radical (unpaired) electrons. The Labute approximate surface area is 110 Å². The fourth-order valence-corrected chi connectivity index (χ4v) is 2.97. The van der Waals surface area contributed by atoms with E-state index in [1.807, 2.05) is 6.07 Å². The first-order chi connectivity index (χ1) is 8.79. The van der Waals surface area contributed by atoms with Gasteiger partial charge in [-0.15, -0.1) is 0 Å². The Bertz CT molecular complexity index is 358. The monoisotopic (exact) mass is 249 g/mol. The van der Waals surface area contributed by atoms with Crippen LogP contribution in [-0.2, 0) is 6.42 Å². The zero-order valence-corrected chi connectivity index (χ0v) is 11.4. The fourth-order valence-electron chi connectivity index (χ4n) is 2.97. The highest BCUT2D eigenvalue weighted by molar-refractivity contribution is 5.17. The first-order valence-electron chi connectivity index (χ1n) is 7.28. The molecule has 1 unspecified atom stereocenters. The Morgan fingerprint density at radius 3 is 2.67 bits per heavy atom. The Morgan fingerprint density at radius 2 is 2.00 bits per heavy atom. The normalized spacial score (nSPS) is 18.8. The van der Waals surface area contributed by atoms with Gasteiger partial charge in [0.05, 0.1) is 0 Å². The molecule has 1 fully saturated rings. The second-order valence-electron chi connectivity index (χ2n) is 5.37. The zero-order chi connectivity index (χ0) is 12.8. The molecule has 0 aromatic heterocycles. The average Bonchev–Trinajstić information content (AvgIpc) is 2.39. The van der Waals surface area contributed by atoms with Crippen LogP contribution in [-0.4, -0.2) is 24.0 Å². The van der Waals surface area contributed by atoms with Crippen molar-refractivity contribution in [1.29, 1.82) is 0 Å². The van der Waals surface area contributed by atoms with Gasteiger partial charge in [-0.2, -0.15) is 0 Å². The van der Waals surface area contributed by atoms with E-state index >= 15 is 0 Å². The van der Waals surface area contributed by atoms with E-state index in [0.717, 1.165) is 12.0 Å². The molecule has 2 rings (SSSR count). The summed E-state index contributed by atoms with van der Waals surface area (Å²) in [6.07, 6.45) is 7.43. The van der Waals surface area contributed by atoms with E-state index < -0.39 is 0 Å². The van der Waals surface area contributed by atoms with Gasteiger partial charge in [0.15, 0.2) is 0 Å². The van der Waals surface area contributed by atoms with E-state index in [2.05, 4.69) is 17.9 Å². The van der Waals surface area contributed by atoms with E-state index in [-0.39, 0.29) is 5.82 Å². The standard InChI is InChI=1S/C16H24FN/c1-2-7-16(18-10-4-3-5-11-18)13-14-8-6-9-15(17)12-14/h6,8-9,12,16H,2-5,7,10-11,13H2,1H3. The van der Waals surface area contributed by atoms with Crippen LogP contribution in [0.3, 0.4) is 0 Å². The minimum absolute atomic E-state index is 0.110. The topological polar surface area (TPSA) is 3.24 Å². The molecule has 1 heterocycles. The number of hydrogen-bond donors (Lipinski definition) is 0. The fraction of sp³-hybridized carbons (Fsp3) is 0.625. The van der Waals surface area contributed by atoms with Crippen molar-refractivity contribution in [1.82, 2.24) is 4.90 Å². The number of likely N-dealkylation sites (tertiary alicyclic amines) is 1. The van der Waals surface area contributed by atoms with Crippen LogP contribution in [0.25, 0.3) is 0 Å². The number of nitrogens with zero attached hydrogens (tertiary/aromatic N) is 1. The van der Waals surface area contributed by atoms with Crippen LogP contribution in [0.5, 0.6) is 0 Å². The highest BCUT2D eigenvalue weighted by Crippen LogP contribution is 2.19. The molecule has 100 valence electrons. The van der Waals surface area contributed by atoms with E-state index in [4.69, 9.17) is 0 Å². The van der Waals surface area contributed by atoms with Gasteiger partial charge in [-0.05, 0) is 56.5 Å². The van der Waals surface area contributed by atoms with Gasteiger partial charge in [-0.25, -0.2) is 4.39 Å². The maximum Gasteiger partial charge on any atom is 0.123 e. The summed E-state index contributed by atoms with van der Waals surface area (Å²) in [4.78, 5) is 2.61. The third-order valence-electron chi connectivity index (χ3n) is 3.89. The van der Waals surface area contributed by atoms with Crippen molar-refractivity contribution in [3.8, 4) is 0 Å². The smallest absolute Gasteiger partial charge is 0.123 e. The number of benzene rings is 1. The largest absolute Gasteiger partial charge is 0.300 e. The third kappa shape index (κ3) is 3.81. The van der Waals surface area contributed by atoms with Gasteiger partial charge in [-0.1, -0.05) is 31.9 Å². The minimum atomic E-state index is -0.110. The van der Waals surface area contributed by atoms with E-state index in [1.54, 1.807) is 6.07 Å². The molecule has 1 nitrogen and oxygen atoms in total. The van der Waals surface area contributed by atoms with E-state index in [0.29, 0.717) is 6.04 Å². The summed E-state index contributed by atoms with van der Waals surface area (Å²) in [7, 11) is 0. The lowest BCUT2D eigenvalue weighted by Crippen LogP contribution is -2.40. The average molecular weight is 249 g/mol. The quantitative estimate of drug-likeness (QED) is 0.761. The third-order valence-corrected chi connectivity index (χ3v) is 3.89. The zero-order valence-electron chi connectivity index (χ0n) is 11.4. The number of piperidine rings is 1. The molecule has 0 bridgehead atoms. The first kappa shape index (κ1) is 13.5. The van der Waals surface area contributed by atoms with Crippen LogP contribution in [0, 0.1) is 5.82 Å². The molecule has 18 heavy (non-hydrogen) atoms. The molecule has 1 aromatic rings. The van der Waals surface area contributed by atoms with Crippen molar-refractivity contribution in [3.63, 3.8) is 0 Å². The van der Waals surface area contributed by atoms with Crippen LogP contribution >= 0.6 is 0 Å². The van der Waals surface area contributed by atoms with Crippen LogP contribution in [0.4, 0.5) is 4.39 Å². The van der Waals surface area contributed by atoms with Crippen LogP contribution in [0.2, 0.25) is 0 Å². The molecule has 1 aliphatic heterocycles. The van der Waals surface area contributed by atoms with Crippen molar-refractivity contribution in [2.24, 2.45) is 0 Å². The Hall–Kier alpha value is -0.890. The van der Waals surface area contributed by atoms with Crippen molar-refractivity contribution < 1.29 is 4.39 Å². The summed E-state index contributed by atoms with van der Waals surface area (Å²) in [5.41, 5.74) is 1.14. The lowest BCUT2D eigenvalue weighted by Gasteiger charge is -2.34. The van der Waals surface area contributed by atoms with Crippen molar-refractivity contribution in [2.75, 3.05) is 13.1 Å². The summed E-state index contributed by atoms with van der Waals surface area (Å²) in [6.45, 7) is 4.68. The highest BCUT2D eigenvalue weighted by atomic mass is 19.1. The molecule has 0 spiro atoms. The van der Waals surface area contributed by atoms with Gasteiger partial charge in [-0.3, -0.25) is 0 Å². The molecule has 2 heteroatoms. The maximum absolute atomic E-state index is 13.2. The van der Waals surface area contributed by atoms with Crippen molar-refractivity contribution in [2.45, 2.75) is 51.5 Å². The molecule has 0 N–H and O–H groups in total. The molecular weight excluding hydrogens is 225 g/mol. The number of hydrogen-bond acceptors (Lipinski definition) is 1. The summed E-state index contributed by atoms with van der Waals surface area (Å²) in [5.74, 6) is -0.110. The summed E-state index contributed by atoms with van der Waals surface area (Å²) in [6, 6.07) is 7.68. The van der Waals surface area contributed by atoms with Gasteiger partial charge in [0.25, 0.3) is 0 Å². The lowest BCUT2D eigenvalue weighted by molar-refractivity contribution is 0.153. The second kappa shape index (κ2) is 6.89. The summed E-state index contributed by atoms with van der Waals surface area (Å²) < 4.78 is 13.2. The second-order valence-corrected chi connectivity index (χ2v) is 5.37. The molecule has 1 aromatic carbocycles. The summed E-state index contributed by atoms with van der Waals surface area (Å²) in [5, 5.41) is 0. The van der Waals surface area contributed by atoms with Gasteiger partial charge < -0.3 is 4.90 Å². The Kier molecular flexibility index (Phi) is 5.18. The molecule has 1 atom stereocenters. The van der Waals surface area contributed by atoms with Gasteiger partial charge >= 0.3 is 0 Å².